The summed E-state index contributed by atoms with van der Waals surface area (Å²) in [5.41, 5.74) is 3.97. The molecule has 6 nitrogen and oxygen atoms in total. The summed E-state index contributed by atoms with van der Waals surface area (Å²) in [6.07, 6.45) is 7.08. The van der Waals surface area contributed by atoms with Crippen LogP contribution in [-0.4, -0.2) is 24.7 Å². The van der Waals surface area contributed by atoms with Gasteiger partial charge in [-0.3, -0.25) is 9.67 Å². The lowest BCUT2D eigenvalue weighted by Crippen LogP contribution is -2.00. The molecule has 118 valence electrons. The fraction of sp³-hybridized carbons (Fsp3) is 0.111. The van der Waals surface area contributed by atoms with E-state index in [1.54, 1.807) is 6.20 Å². The number of anilines is 2. The third kappa shape index (κ3) is 2.94. The van der Waals surface area contributed by atoms with Crippen LogP contribution in [0.2, 0.25) is 0 Å². The number of aryl methyl sites for hydroxylation is 1. The van der Waals surface area contributed by atoms with Crippen molar-refractivity contribution in [1.29, 1.82) is 0 Å². The van der Waals surface area contributed by atoms with E-state index in [9.17, 15) is 0 Å². The second-order valence-electron chi connectivity index (χ2n) is 5.64. The quantitative estimate of drug-likeness (QED) is 0.625. The van der Waals surface area contributed by atoms with Crippen LogP contribution in [0.5, 0.6) is 0 Å². The Labute approximate surface area is 139 Å². The topological polar surface area (TPSA) is 68.5 Å². The lowest BCUT2D eigenvalue weighted by Gasteiger charge is -2.05. The van der Waals surface area contributed by atoms with Gasteiger partial charge in [0, 0.05) is 24.3 Å². The Morgan fingerprint density at radius 2 is 1.96 bits per heavy atom. The molecule has 0 aliphatic carbocycles. The number of fused-ring (bicyclic) bond motifs is 1. The van der Waals surface area contributed by atoms with E-state index in [0.29, 0.717) is 12.2 Å². The highest BCUT2D eigenvalue weighted by molar-refractivity contribution is 5.87. The molecule has 1 N–H and O–H groups in total. The molecule has 0 atom stereocenters. The minimum atomic E-state index is 0.647. The van der Waals surface area contributed by atoms with Crippen molar-refractivity contribution in [3.63, 3.8) is 0 Å². The van der Waals surface area contributed by atoms with Crippen LogP contribution >= 0.6 is 0 Å². The summed E-state index contributed by atoms with van der Waals surface area (Å²) < 4.78 is 1.86. The van der Waals surface area contributed by atoms with Crippen LogP contribution < -0.4 is 5.32 Å². The molecule has 0 aliphatic rings. The molecule has 6 heteroatoms. The standard InChI is InChI=1S/C18H16N6/c1-13-4-6-15(7-5-13)22-17-16-11-24(23-18(16)21-12-20-17)10-14-3-2-8-19-9-14/h2-9,11-12H,10H2,1H3,(H,20,21,22,23). The van der Waals surface area contributed by atoms with E-state index in [4.69, 9.17) is 0 Å². The van der Waals surface area contributed by atoms with Gasteiger partial charge in [-0.25, -0.2) is 9.97 Å². The molecule has 0 saturated heterocycles. The molecule has 0 aliphatic heterocycles. The first-order chi connectivity index (χ1) is 11.8. The molecule has 0 unspecified atom stereocenters. The summed E-state index contributed by atoms with van der Waals surface area (Å²) in [7, 11) is 0. The molecule has 4 rings (SSSR count). The number of hydrogen-bond acceptors (Lipinski definition) is 5. The van der Waals surface area contributed by atoms with Crippen molar-refractivity contribution >= 4 is 22.5 Å². The van der Waals surface area contributed by atoms with E-state index in [-0.39, 0.29) is 0 Å². The van der Waals surface area contributed by atoms with Gasteiger partial charge in [0.15, 0.2) is 5.65 Å². The first-order valence-corrected chi connectivity index (χ1v) is 7.69. The summed E-state index contributed by atoms with van der Waals surface area (Å²) in [5.74, 6) is 0.751. The largest absolute Gasteiger partial charge is 0.340 e. The highest BCUT2D eigenvalue weighted by Gasteiger charge is 2.09. The summed E-state index contributed by atoms with van der Waals surface area (Å²) >= 11 is 0. The maximum atomic E-state index is 4.52. The van der Waals surface area contributed by atoms with Crippen molar-refractivity contribution in [1.82, 2.24) is 24.7 Å². The van der Waals surface area contributed by atoms with E-state index in [0.717, 1.165) is 22.5 Å². The maximum Gasteiger partial charge on any atom is 0.186 e. The van der Waals surface area contributed by atoms with Gasteiger partial charge in [-0.15, -0.1) is 0 Å². The molecular weight excluding hydrogens is 300 g/mol. The predicted molar refractivity (Wildman–Crippen MR) is 93.1 cm³/mol. The fourth-order valence-corrected chi connectivity index (χ4v) is 2.52. The van der Waals surface area contributed by atoms with Gasteiger partial charge in [0.1, 0.15) is 12.1 Å². The van der Waals surface area contributed by atoms with Gasteiger partial charge in [0.25, 0.3) is 0 Å². The van der Waals surface area contributed by atoms with Crippen LogP contribution in [0.3, 0.4) is 0 Å². The van der Waals surface area contributed by atoms with Gasteiger partial charge in [0.05, 0.1) is 11.9 Å². The zero-order chi connectivity index (χ0) is 16.4. The van der Waals surface area contributed by atoms with Crippen molar-refractivity contribution in [2.45, 2.75) is 13.5 Å². The first kappa shape index (κ1) is 14.3. The second-order valence-corrected chi connectivity index (χ2v) is 5.64. The van der Waals surface area contributed by atoms with Crippen molar-refractivity contribution in [2.75, 3.05) is 5.32 Å². The van der Waals surface area contributed by atoms with Gasteiger partial charge >= 0.3 is 0 Å². The molecule has 0 radical (unpaired) electrons. The SMILES string of the molecule is Cc1ccc(Nc2ncnc3nn(Cc4cccnc4)cc23)cc1. The summed E-state index contributed by atoms with van der Waals surface area (Å²) in [4.78, 5) is 12.8. The van der Waals surface area contributed by atoms with Crippen molar-refractivity contribution < 1.29 is 0 Å². The third-order valence-corrected chi connectivity index (χ3v) is 3.75. The maximum absolute atomic E-state index is 4.52. The van der Waals surface area contributed by atoms with Crippen molar-refractivity contribution in [3.05, 3.63) is 72.4 Å². The van der Waals surface area contributed by atoms with Gasteiger partial charge in [-0.2, -0.15) is 5.10 Å². The lowest BCUT2D eigenvalue weighted by molar-refractivity contribution is 0.691. The normalized spacial score (nSPS) is 10.9. The molecule has 4 aromatic rings. The smallest absolute Gasteiger partial charge is 0.186 e. The van der Waals surface area contributed by atoms with E-state index in [2.05, 4.69) is 44.4 Å². The molecule has 0 amide bonds. The fourth-order valence-electron chi connectivity index (χ4n) is 2.52. The molecule has 0 spiro atoms. The molecule has 0 saturated carbocycles. The molecule has 3 heterocycles. The molecule has 0 bridgehead atoms. The summed E-state index contributed by atoms with van der Waals surface area (Å²) in [6, 6.07) is 12.1. The Hall–Kier alpha value is -3.28. The van der Waals surface area contributed by atoms with E-state index >= 15 is 0 Å². The molecule has 3 aromatic heterocycles. The van der Waals surface area contributed by atoms with E-state index < -0.39 is 0 Å². The van der Waals surface area contributed by atoms with Gasteiger partial charge in [0.2, 0.25) is 0 Å². The number of hydrogen-bond donors (Lipinski definition) is 1. The Morgan fingerprint density at radius 1 is 1.08 bits per heavy atom. The lowest BCUT2D eigenvalue weighted by atomic mass is 10.2. The van der Waals surface area contributed by atoms with Crippen LogP contribution in [0.4, 0.5) is 11.5 Å². The van der Waals surface area contributed by atoms with E-state index in [1.807, 2.05) is 41.3 Å². The highest BCUT2D eigenvalue weighted by Crippen LogP contribution is 2.22. The third-order valence-electron chi connectivity index (χ3n) is 3.75. The monoisotopic (exact) mass is 316 g/mol. The van der Waals surface area contributed by atoms with Crippen LogP contribution in [0.1, 0.15) is 11.1 Å². The zero-order valence-corrected chi connectivity index (χ0v) is 13.2. The van der Waals surface area contributed by atoms with Crippen LogP contribution in [0, 0.1) is 6.92 Å². The number of benzene rings is 1. The first-order valence-electron chi connectivity index (χ1n) is 7.69. The van der Waals surface area contributed by atoms with Crippen molar-refractivity contribution in [2.24, 2.45) is 0 Å². The summed E-state index contributed by atoms with van der Waals surface area (Å²) in [6.45, 7) is 2.71. The number of aromatic nitrogens is 5. The van der Waals surface area contributed by atoms with Crippen LogP contribution in [0.25, 0.3) is 11.0 Å². The van der Waals surface area contributed by atoms with Crippen LogP contribution in [0.15, 0.2) is 61.3 Å². The number of pyridine rings is 1. The Morgan fingerprint density at radius 3 is 2.75 bits per heavy atom. The second kappa shape index (κ2) is 6.08. The molecule has 0 fully saturated rings. The molecule has 1 aromatic carbocycles. The number of nitrogens with one attached hydrogen (secondary N) is 1. The number of rotatable bonds is 4. The number of nitrogens with zero attached hydrogens (tertiary/aromatic N) is 5. The average Bonchev–Trinajstić information content (AvgIpc) is 3.01. The molecule has 24 heavy (non-hydrogen) atoms. The summed E-state index contributed by atoms with van der Waals surface area (Å²) in [5, 5.41) is 8.75. The van der Waals surface area contributed by atoms with Crippen LogP contribution in [-0.2, 0) is 6.54 Å². The average molecular weight is 316 g/mol. The zero-order valence-electron chi connectivity index (χ0n) is 13.2. The van der Waals surface area contributed by atoms with E-state index in [1.165, 1.54) is 11.9 Å². The van der Waals surface area contributed by atoms with Gasteiger partial charge in [-0.05, 0) is 30.7 Å². The Bertz CT molecular complexity index is 960. The predicted octanol–water partition coefficient (Wildman–Crippen LogP) is 3.32. The van der Waals surface area contributed by atoms with Gasteiger partial charge < -0.3 is 5.32 Å². The highest BCUT2D eigenvalue weighted by atomic mass is 15.3. The van der Waals surface area contributed by atoms with Crippen molar-refractivity contribution in [3.8, 4) is 0 Å². The minimum absolute atomic E-state index is 0.647. The minimum Gasteiger partial charge on any atom is -0.340 e. The Balaban J connectivity index is 1.65. The Kier molecular flexibility index (Phi) is 3.63. The van der Waals surface area contributed by atoms with Gasteiger partial charge in [-0.1, -0.05) is 23.8 Å². The molecular formula is C18H16N6.